The van der Waals surface area contributed by atoms with Gasteiger partial charge in [0.1, 0.15) is 34.6 Å². The maximum atomic E-state index is 14.3. The summed E-state index contributed by atoms with van der Waals surface area (Å²) in [5.74, 6) is 0.641. The van der Waals surface area contributed by atoms with Gasteiger partial charge in [-0.25, -0.2) is 17.8 Å². The monoisotopic (exact) mass is 528 g/mol. The molecule has 1 aliphatic heterocycles. The zero-order valence-electron chi connectivity index (χ0n) is 20.6. The van der Waals surface area contributed by atoms with Crippen molar-refractivity contribution in [1.82, 2.24) is 14.6 Å². The first kappa shape index (κ1) is 26.4. The minimum absolute atomic E-state index is 0.000184. The predicted molar refractivity (Wildman–Crippen MR) is 136 cm³/mol. The van der Waals surface area contributed by atoms with Gasteiger partial charge in [0.15, 0.2) is 6.61 Å². The van der Waals surface area contributed by atoms with Crippen LogP contribution in [0.25, 0.3) is 0 Å². The fraction of sp³-hybridized carbons (Fsp3) is 0.308. The lowest BCUT2D eigenvalue weighted by Gasteiger charge is -2.22. The van der Waals surface area contributed by atoms with Gasteiger partial charge in [-0.2, -0.15) is 4.31 Å². The Balaban J connectivity index is 1.50. The first-order valence-corrected chi connectivity index (χ1v) is 13.3. The zero-order chi connectivity index (χ0) is 26.4. The number of anilines is 1. The van der Waals surface area contributed by atoms with Crippen LogP contribution in [0.15, 0.2) is 65.7 Å². The second-order valence-electron chi connectivity index (χ2n) is 8.39. The van der Waals surface area contributed by atoms with E-state index in [0.717, 1.165) is 5.56 Å². The third-order valence-electron chi connectivity index (χ3n) is 6.05. The van der Waals surface area contributed by atoms with Gasteiger partial charge in [0, 0.05) is 37.5 Å². The highest BCUT2D eigenvalue weighted by atomic mass is 32.2. The molecule has 196 valence electrons. The molecule has 1 amide bonds. The summed E-state index contributed by atoms with van der Waals surface area (Å²) in [5, 5.41) is 5.83. The van der Waals surface area contributed by atoms with Crippen LogP contribution in [0.4, 0.5) is 10.2 Å². The zero-order valence-corrected chi connectivity index (χ0v) is 21.4. The van der Waals surface area contributed by atoms with E-state index in [-0.39, 0.29) is 48.7 Å². The Morgan fingerprint density at radius 1 is 1.19 bits per heavy atom. The van der Waals surface area contributed by atoms with E-state index >= 15 is 0 Å². The lowest BCUT2D eigenvalue weighted by atomic mass is 10.0. The van der Waals surface area contributed by atoms with E-state index in [4.69, 9.17) is 9.47 Å². The molecule has 2 heterocycles. The standard InChI is InChI=1S/C26H29FN4O5S/c1-3-22(19-7-4-5-9-23(19)36-17-26(32)28-2)30-25-12-11-18(15-29-25)37(33,34)31-13-14-35-24-10-6-8-21(27)20(24)16-31/h4-12,15,22H,3,13-14,16-17H2,1-2H3,(H,28,32)(H,29,30). The molecule has 2 aromatic carbocycles. The second-order valence-corrected chi connectivity index (χ2v) is 10.3. The number of carbonyl (C=O) groups excluding carboxylic acids is 1. The number of hydrogen-bond donors (Lipinski definition) is 2. The van der Waals surface area contributed by atoms with E-state index in [0.29, 0.717) is 23.7 Å². The van der Waals surface area contributed by atoms with Crippen LogP contribution in [0.3, 0.4) is 0 Å². The van der Waals surface area contributed by atoms with Crippen LogP contribution in [-0.2, 0) is 21.4 Å². The smallest absolute Gasteiger partial charge is 0.257 e. The van der Waals surface area contributed by atoms with Crippen LogP contribution < -0.4 is 20.1 Å². The van der Waals surface area contributed by atoms with Crippen LogP contribution in [0.2, 0.25) is 0 Å². The van der Waals surface area contributed by atoms with Crippen molar-refractivity contribution in [3.05, 3.63) is 77.7 Å². The number of amides is 1. The van der Waals surface area contributed by atoms with Gasteiger partial charge < -0.3 is 20.1 Å². The number of hydrogen-bond acceptors (Lipinski definition) is 7. The first-order chi connectivity index (χ1) is 17.8. The number of nitrogens with one attached hydrogen (secondary N) is 2. The molecule has 1 unspecified atom stereocenters. The molecule has 0 fully saturated rings. The summed E-state index contributed by atoms with van der Waals surface area (Å²) in [6, 6.07) is 14.7. The molecule has 4 rings (SSSR count). The first-order valence-electron chi connectivity index (χ1n) is 11.9. The number of carbonyl (C=O) groups is 1. The van der Waals surface area contributed by atoms with Crippen molar-refractivity contribution < 1.29 is 27.1 Å². The topological polar surface area (TPSA) is 110 Å². The van der Waals surface area contributed by atoms with Crippen molar-refractivity contribution in [3.63, 3.8) is 0 Å². The number of ether oxygens (including phenoxy) is 2. The normalized spacial score (nSPS) is 14.6. The van der Waals surface area contributed by atoms with Gasteiger partial charge in [-0.1, -0.05) is 31.2 Å². The Bertz CT molecular complexity index is 1350. The van der Waals surface area contributed by atoms with Crippen molar-refractivity contribution in [2.75, 3.05) is 32.1 Å². The molecule has 1 atom stereocenters. The molecule has 9 nitrogen and oxygen atoms in total. The average Bonchev–Trinajstić information content (AvgIpc) is 3.15. The Morgan fingerprint density at radius 2 is 2.00 bits per heavy atom. The van der Waals surface area contributed by atoms with E-state index in [9.17, 15) is 17.6 Å². The van der Waals surface area contributed by atoms with Crippen molar-refractivity contribution >= 4 is 21.7 Å². The molecule has 0 radical (unpaired) electrons. The van der Waals surface area contributed by atoms with E-state index in [1.54, 1.807) is 25.2 Å². The maximum Gasteiger partial charge on any atom is 0.257 e. The minimum atomic E-state index is -3.93. The molecule has 37 heavy (non-hydrogen) atoms. The van der Waals surface area contributed by atoms with Gasteiger partial charge in [-0.05, 0) is 36.8 Å². The summed E-state index contributed by atoms with van der Waals surface area (Å²) < 4.78 is 53.4. The average molecular weight is 529 g/mol. The fourth-order valence-corrected chi connectivity index (χ4v) is 5.34. The number of benzene rings is 2. The predicted octanol–water partition coefficient (Wildman–Crippen LogP) is 3.49. The molecule has 2 N–H and O–H groups in total. The molecule has 0 spiro atoms. The Kier molecular flexibility index (Phi) is 8.24. The summed E-state index contributed by atoms with van der Waals surface area (Å²) in [6.45, 7) is 1.95. The summed E-state index contributed by atoms with van der Waals surface area (Å²) in [5.41, 5.74) is 1.05. The summed E-state index contributed by atoms with van der Waals surface area (Å²) in [4.78, 5) is 15.9. The van der Waals surface area contributed by atoms with Crippen LogP contribution in [-0.4, -0.2) is 50.4 Å². The number of sulfonamides is 1. The lowest BCUT2D eigenvalue weighted by molar-refractivity contribution is -0.122. The number of para-hydroxylation sites is 1. The van der Waals surface area contributed by atoms with Gasteiger partial charge in [-0.15, -0.1) is 0 Å². The molecule has 3 aromatic rings. The van der Waals surface area contributed by atoms with E-state index in [2.05, 4.69) is 15.6 Å². The van der Waals surface area contributed by atoms with Crippen LogP contribution in [0.1, 0.15) is 30.5 Å². The number of aromatic nitrogens is 1. The number of pyridine rings is 1. The van der Waals surface area contributed by atoms with Crippen LogP contribution in [0.5, 0.6) is 11.5 Å². The maximum absolute atomic E-state index is 14.3. The van der Waals surface area contributed by atoms with Crippen LogP contribution in [0, 0.1) is 5.82 Å². The molecule has 11 heteroatoms. The Labute approximate surface area is 215 Å². The van der Waals surface area contributed by atoms with Crippen molar-refractivity contribution in [2.45, 2.75) is 30.8 Å². The molecule has 0 aliphatic carbocycles. The minimum Gasteiger partial charge on any atom is -0.492 e. The highest BCUT2D eigenvalue weighted by molar-refractivity contribution is 7.89. The van der Waals surface area contributed by atoms with Crippen LogP contribution >= 0.6 is 0 Å². The molecule has 0 saturated heterocycles. The highest BCUT2D eigenvalue weighted by Crippen LogP contribution is 2.31. The van der Waals surface area contributed by atoms with Gasteiger partial charge in [0.25, 0.3) is 5.91 Å². The number of fused-ring (bicyclic) bond motifs is 1. The molecular formula is C26H29FN4O5S. The molecule has 0 saturated carbocycles. The van der Waals surface area contributed by atoms with Gasteiger partial charge in [0.2, 0.25) is 10.0 Å². The highest BCUT2D eigenvalue weighted by Gasteiger charge is 2.29. The Morgan fingerprint density at radius 3 is 2.73 bits per heavy atom. The lowest BCUT2D eigenvalue weighted by Crippen LogP contribution is -2.32. The molecular weight excluding hydrogens is 499 g/mol. The number of likely N-dealkylation sites (N-methyl/N-ethyl adjacent to an activating group) is 1. The summed E-state index contributed by atoms with van der Waals surface area (Å²) in [7, 11) is -2.39. The number of halogens is 1. The van der Waals surface area contributed by atoms with E-state index in [1.165, 1.54) is 28.7 Å². The van der Waals surface area contributed by atoms with Crippen molar-refractivity contribution in [2.24, 2.45) is 0 Å². The third-order valence-corrected chi connectivity index (χ3v) is 7.87. The van der Waals surface area contributed by atoms with Crippen molar-refractivity contribution in [3.8, 4) is 11.5 Å². The van der Waals surface area contributed by atoms with Gasteiger partial charge >= 0.3 is 0 Å². The third kappa shape index (κ3) is 6.00. The fourth-order valence-electron chi connectivity index (χ4n) is 4.01. The molecule has 1 aromatic heterocycles. The van der Waals surface area contributed by atoms with E-state index < -0.39 is 15.8 Å². The summed E-state index contributed by atoms with van der Waals surface area (Å²) >= 11 is 0. The summed E-state index contributed by atoms with van der Waals surface area (Å²) in [6.07, 6.45) is 1.97. The number of rotatable bonds is 9. The second kappa shape index (κ2) is 11.6. The number of nitrogens with zero attached hydrogens (tertiary/aromatic N) is 2. The van der Waals surface area contributed by atoms with Gasteiger partial charge in [0.05, 0.1) is 6.04 Å². The van der Waals surface area contributed by atoms with Gasteiger partial charge in [-0.3, -0.25) is 4.79 Å². The quantitative estimate of drug-likeness (QED) is 0.438. The SMILES string of the molecule is CCC(Nc1ccc(S(=O)(=O)N2CCOc3cccc(F)c3C2)cn1)c1ccccc1OCC(=O)NC. The van der Waals surface area contributed by atoms with E-state index in [1.807, 2.05) is 25.1 Å². The van der Waals surface area contributed by atoms with Crippen molar-refractivity contribution in [1.29, 1.82) is 0 Å². The molecule has 1 aliphatic rings. The largest absolute Gasteiger partial charge is 0.492 e. The molecule has 0 bridgehead atoms. The Hall–Kier alpha value is -3.70.